The number of carbonyl (C=O) groups is 1. The number of nitriles is 1. The van der Waals surface area contributed by atoms with Gasteiger partial charge in [-0.05, 0) is 6.42 Å². The molecule has 2 amide bonds. The Morgan fingerprint density at radius 1 is 1.62 bits per heavy atom. The Hall–Kier alpha value is -1.32. The van der Waals surface area contributed by atoms with E-state index in [1.165, 1.54) is 0 Å². The number of nitrogens with one attached hydrogen (secondary N) is 2. The maximum absolute atomic E-state index is 11.9. The summed E-state index contributed by atoms with van der Waals surface area (Å²) in [4.78, 5) is 13.5. The first-order valence-corrected chi connectivity index (χ1v) is 5.56. The third kappa shape index (κ3) is 2.43. The molecule has 16 heavy (non-hydrogen) atoms. The van der Waals surface area contributed by atoms with Crippen LogP contribution < -0.4 is 10.6 Å². The number of piperazine rings is 1. The number of hydrogen-bond acceptors (Lipinski definition) is 4. The molecule has 2 atom stereocenters. The van der Waals surface area contributed by atoms with Gasteiger partial charge in [-0.15, -0.1) is 0 Å². The summed E-state index contributed by atoms with van der Waals surface area (Å²) in [5.74, 6) is 0. The van der Waals surface area contributed by atoms with E-state index in [9.17, 15) is 4.79 Å². The monoisotopic (exact) mass is 224 g/mol. The van der Waals surface area contributed by atoms with E-state index in [0.29, 0.717) is 26.3 Å². The zero-order valence-corrected chi connectivity index (χ0v) is 9.11. The number of nitrogens with zero attached hydrogens (tertiary/aromatic N) is 2. The molecule has 0 aliphatic carbocycles. The Labute approximate surface area is 94.5 Å². The average Bonchev–Trinajstić information content (AvgIpc) is 2.81. The van der Waals surface area contributed by atoms with Crippen molar-refractivity contribution in [1.82, 2.24) is 15.5 Å². The number of ether oxygens (including phenoxy) is 1. The second kappa shape index (κ2) is 5.14. The van der Waals surface area contributed by atoms with Gasteiger partial charge in [0.1, 0.15) is 6.04 Å². The first kappa shape index (κ1) is 11.2. The van der Waals surface area contributed by atoms with Gasteiger partial charge in [0.25, 0.3) is 0 Å². The Bertz CT molecular complexity index is 296. The summed E-state index contributed by atoms with van der Waals surface area (Å²) in [6.45, 7) is 3.15. The van der Waals surface area contributed by atoms with Crippen LogP contribution in [0.4, 0.5) is 4.79 Å². The van der Waals surface area contributed by atoms with E-state index in [1.807, 2.05) is 0 Å². The highest BCUT2D eigenvalue weighted by atomic mass is 16.5. The molecule has 0 saturated carbocycles. The lowest BCUT2D eigenvalue weighted by Gasteiger charge is -2.32. The second-order valence-electron chi connectivity index (χ2n) is 4.05. The van der Waals surface area contributed by atoms with Crippen LogP contribution in [-0.2, 0) is 4.74 Å². The summed E-state index contributed by atoms with van der Waals surface area (Å²) >= 11 is 0. The van der Waals surface area contributed by atoms with E-state index in [4.69, 9.17) is 10.00 Å². The van der Waals surface area contributed by atoms with Crippen molar-refractivity contribution in [3.63, 3.8) is 0 Å². The van der Waals surface area contributed by atoms with Crippen LogP contribution in [0.25, 0.3) is 0 Å². The normalized spacial score (nSPS) is 29.8. The average molecular weight is 224 g/mol. The fraction of sp³-hybridized carbons (Fsp3) is 0.800. The Morgan fingerprint density at radius 3 is 3.19 bits per heavy atom. The van der Waals surface area contributed by atoms with Crippen LogP contribution in [0.2, 0.25) is 0 Å². The standard InChI is InChI=1S/C10H16N4O2/c11-5-9-6-12-2-3-14(9)10(15)13-8-1-4-16-7-8/h8-9,12H,1-4,6-7H2,(H,13,15). The van der Waals surface area contributed by atoms with Crippen LogP contribution >= 0.6 is 0 Å². The van der Waals surface area contributed by atoms with Crippen molar-refractivity contribution in [2.24, 2.45) is 0 Å². The fourth-order valence-electron chi connectivity index (χ4n) is 1.97. The number of urea groups is 1. The lowest BCUT2D eigenvalue weighted by Crippen LogP contribution is -2.57. The van der Waals surface area contributed by atoms with Crippen LogP contribution in [0, 0.1) is 11.3 Å². The predicted octanol–water partition coefficient (Wildman–Crippen LogP) is -0.718. The highest BCUT2D eigenvalue weighted by Gasteiger charge is 2.28. The van der Waals surface area contributed by atoms with Gasteiger partial charge in [0.05, 0.1) is 18.7 Å². The molecule has 6 heteroatoms. The minimum Gasteiger partial charge on any atom is -0.379 e. The predicted molar refractivity (Wildman–Crippen MR) is 56.7 cm³/mol. The molecule has 2 heterocycles. The summed E-state index contributed by atoms with van der Waals surface area (Å²) in [6, 6.07) is 1.72. The molecule has 88 valence electrons. The van der Waals surface area contributed by atoms with Crippen molar-refractivity contribution < 1.29 is 9.53 Å². The Kier molecular flexibility index (Phi) is 3.59. The van der Waals surface area contributed by atoms with Gasteiger partial charge in [0.15, 0.2) is 0 Å². The SMILES string of the molecule is N#CC1CNCCN1C(=O)NC1CCOC1. The number of hydrogen-bond donors (Lipinski definition) is 2. The molecule has 2 aliphatic rings. The van der Waals surface area contributed by atoms with Crippen molar-refractivity contribution in [2.75, 3.05) is 32.8 Å². The lowest BCUT2D eigenvalue weighted by atomic mass is 10.2. The molecular weight excluding hydrogens is 208 g/mol. The number of amides is 2. The van der Waals surface area contributed by atoms with E-state index in [1.54, 1.807) is 4.90 Å². The quantitative estimate of drug-likeness (QED) is 0.616. The largest absolute Gasteiger partial charge is 0.379 e. The molecule has 0 radical (unpaired) electrons. The van der Waals surface area contributed by atoms with Crippen LogP contribution in [0.15, 0.2) is 0 Å². The molecule has 2 N–H and O–H groups in total. The maximum Gasteiger partial charge on any atom is 0.318 e. The lowest BCUT2D eigenvalue weighted by molar-refractivity contribution is 0.164. The number of rotatable bonds is 1. The summed E-state index contributed by atoms with van der Waals surface area (Å²) in [6.07, 6.45) is 0.856. The summed E-state index contributed by atoms with van der Waals surface area (Å²) in [5.41, 5.74) is 0. The van der Waals surface area contributed by atoms with Crippen LogP contribution in [0.3, 0.4) is 0 Å². The highest BCUT2D eigenvalue weighted by molar-refractivity contribution is 5.75. The van der Waals surface area contributed by atoms with Crippen molar-refractivity contribution in [3.05, 3.63) is 0 Å². The van der Waals surface area contributed by atoms with Crippen LogP contribution in [-0.4, -0.2) is 55.9 Å². The molecule has 2 aliphatic heterocycles. The van der Waals surface area contributed by atoms with Gasteiger partial charge in [0, 0.05) is 26.2 Å². The maximum atomic E-state index is 11.9. The molecule has 2 saturated heterocycles. The topological polar surface area (TPSA) is 77.4 Å². The third-order valence-electron chi connectivity index (χ3n) is 2.91. The molecular formula is C10H16N4O2. The first-order valence-electron chi connectivity index (χ1n) is 5.56. The van der Waals surface area contributed by atoms with E-state index >= 15 is 0 Å². The fourth-order valence-corrected chi connectivity index (χ4v) is 1.97. The second-order valence-corrected chi connectivity index (χ2v) is 4.05. The van der Waals surface area contributed by atoms with Crippen molar-refractivity contribution in [2.45, 2.75) is 18.5 Å². The van der Waals surface area contributed by atoms with Gasteiger partial charge < -0.3 is 20.3 Å². The van der Waals surface area contributed by atoms with Gasteiger partial charge in [0.2, 0.25) is 0 Å². The van der Waals surface area contributed by atoms with E-state index in [-0.39, 0.29) is 18.1 Å². The van der Waals surface area contributed by atoms with E-state index in [0.717, 1.165) is 13.0 Å². The first-order chi connectivity index (χ1) is 7.81. The zero-order valence-electron chi connectivity index (χ0n) is 9.11. The molecule has 0 aromatic rings. The van der Waals surface area contributed by atoms with Crippen LogP contribution in [0.1, 0.15) is 6.42 Å². The molecule has 0 spiro atoms. The smallest absolute Gasteiger partial charge is 0.318 e. The van der Waals surface area contributed by atoms with Gasteiger partial charge in [-0.1, -0.05) is 0 Å². The summed E-state index contributed by atoms with van der Waals surface area (Å²) in [5, 5.41) is 14.9. The summed E-state index contributed by atoms with van der Waals surface area (Å²) < 4.78 is 5.19. The molecule has 6 nitrogen and oxygen atoms in total. The van der Waals surface area contributed by atoms with Gasteiger partial charge in [-0.25, -0.2) is 4.79 Å². The third-order valence-corrected chi connectivity index (χ3v) is 2.91. The molecule has 0 bridgehead atoms. The van der Waals surface area contributed by atoms with Gasteiger partial charge in [-0.3, -0.25) is 0 Å². The molecule has 2 rings (SSSR count). The Balaban J connectivity index is 1.89. The van der Waals surface area contributed by atoms with E-state index < -0.39 is 0 Å². The number of carbonyl (C=O) groups excluding carboxylic acids is 1. The minimum absolute atomic E-state index is 0.0988. The summed E-state index contributed by atoms with van der Waals surface area (Å²) in [7, 11) is 0. The van der Waals surface area contributed by atoms with Crippen molar-refractivity contribution in [1.29, 1.82) is 5.26 Å². The highest BCUT2D eigenvalue weighted by Crippen LogP contribution is 2.07. The molecule has 0 aromatic carbocycles. The van der Waals surface area contributed by atoms with Crippen molar-refractivity contribution >= 4 is 6.03 Å². The van der Waals surface area contributed by atoms with Crippen LogP contribution in [0.5, 0.6) is 0 Å². The minimum atomic E-state index is -0.365. The molecule has 0 aromatic heterocycles. The molecule has 2 fully saturated rings. The zero-order chi connectivity index (χ0) is 11.4. The molecule has 2 unspecified atom stereocenters. The van der Waals surface area contributed by atoms with Gasteiger partial charge in [-0.2, -0.15) is 5.26 Å². The van der Waals surface area contributed by atoms with Gasteiger partial charge >= 0.3 is 6.03 Å². The Morgan fingerprint density at radius 2 is 2.50 bits per heavy atom. The van der Waals surface area contributed by atoms with E-state index in [2.05, 4.69) is 16.7 Å². The van der Waals surface area contributed by atoms with Crippen molar-refractivity contribution in [3.8, 4) is 6.07 Å².